The minimum Gasteiger partial charge on any atom is -0.372 e. The Morgan fingerprint density at radius 1 is 1.28 bits per heavy atom. The van der Waals surface area contributed by atoms with Crippen molar-refractivity contribution in [3.05, 3.63) is 48.0 Å². The van der Waals surface area contributed by atoms with Crippen LogP contribution in [0.25, 0.3) is 11.0 Å². The Morgan fingerprint density at radius 2 is 2.16 bits per heavy atom. The number of hydrogen-bond acceptors (Lipinski definition) is 4. The van der Waals surface area contributed by atoms with Gasteiger partial charge in [-0.05, 0) is 31.5 Å². The maximum absolute atomic E-state index is 6.01. The molecule has 1 N–H and O–H groups in total. The summed E-state index contributed by atoms with van der Waals surface area (Å²) in [4.78, 5) is 4.73. The molecule has 0 saturated carbocycles. The first-order chi connectivity index (χ1) is 12.3. The summed E-state index contributed by atoms with van der Waals surface area (Å²) in [5.41, 5.74) is 3.42. The molecule has 1 saturated heterocycles. The van der Waals surface area contributed by atoms with Gasteiger partial charge < -0.3 is 14.6 Å². The van der Waals surface area contributed by atoms with Gasteiger partial charge in [0, 0.05) is 38.9 Å². The Bertz CT molecular complexity index is 852. The van der Waals surface area contributed by atoms with E-state index in [9.17, 15) is 0 Å². The molecular formula is C19H25N5O. The standard InChI is InChI=1S/C19H25N5O/c1-3-24-17(8-10-21-24)19-14(9-11-25-19)12-20-13-18-22-15-6-4-5-7-16(15)23(18)2/h4-8,10,14,19-20H,3,9,11-13H2,1-2H3/t14-,19+/m0/s1. The average Bonchev–Trinajstić information content (AvgIpc) is 3.34. The van der Waals surface area contributed by atoms with Crippen LogP contribution in [0.2, 0.25) is 0 Å². The van der Waals surface area contributed by atoms with E-state index in [-0.39, 0.29) is 6.10 Å². The van der Waals surface area contributed by atoms with E-state index in [4.69, 9.17) is 9.72 Å². The molecule has 3 aromatic rings. The van der Waals surface area contributed by atoms with Crippen LogP contribution in [0.5, 0.6) is 0 Å². The lowest BCUT2D eigenvalue weighted by Gasteiger charge is -2.20. The molecule has 25 heavy (non-hydrogen) atoms. The zero-order valence-electron chi connectivity index (χ0n) is 14.9. The number of aryl methyl sites for hydroxylation is 2. The largest absolute Gasteiger partial charge is 0.372 e. The number of hydrogen-bond donors (Lipinski definition) is 1. The lowest BCUT2D eigenvalue weighted by Crippen LogP contribution is -2.26. The monoisotopic (exact) mass is 339 g/mol. The highest BCUT2D eigenvalue weighted by atomic mass is 16.5. The molecule has 1 fully saturated rings. The normalized spacial score (nSPS) is 20.6. The van der Waals surface area contributed by atoms with Gasteiger partial charge >= 0.3 is 0 Å². The average molecular weight is 339 g/mol. The molecule has 132 valence electrons. The zero-order chi connectivity index (χ0) is 17.2. The molecule has 6 heteroatoms. The van der Waals surface area contributed by atoms with Crippen molar-refractivity contribution < 1.29 is 4.74 Å². The maximum atomic E-state index is 6.01. The fourth-order valence-corrected chi connectivity index (χ4v) is 3.74. The molecule has 1 aliphatic rings. The Balaban J connectivity index is 1.41. The number of benzene rings is 1. The third-order valence-corrected chi connectivity index (χ3v) is 5.12. The molecular weight excluding hydrogens is 314 g/mol. The van der Waals surface area contributed by atoms with Crippen LogP contribution >= 0.6 is 0 Å². The van der Waals surface area contributed by atoms with Crippen molar-refractivity contribution in [2.75, 3.05) is 13.2 Å². The van der Waals surface area contributed by atoms with Crippen LogP contribution in [0.1, 0.15) is 31.0 Å². The highest BCUT2D eigenvalue weighted by Crippen LogP contribution is 2.34. The van der Waals surface area contributed by atoms with E-state index < -0.39 is 0 Å². The van der Waals surface area contributed by atoms with Gasteiger partial charge in [-0.1, -0.05) is 12.1 Å². The van der Waals surface area contributed by atoms with Crippen LogP contribution < -0.4 is 5.32 Å². The topological polar surface area (TPSA) is 56.9 Å². The Morgan fingerprint density at radius 3 is 3.00 bits per heavy atom. The van der Waals surface area contributed by atoms with E-state index in [0.29, 0.717) is 5.92 Å². The zero-order valence-corrected chi connectivity index (χ0v) is 14.9. The van der Waals surface area contributed by atoms with Gasteiger partial charge in [-0.3, -0.25) is 4.68 Å². The van der Waals surface area contributed by atoms with E-state index in [1.54, 1.807) is 0 Å². The molecule has 0 bridgehead atoms. The summed E-state index contributed by atoms with van der Waals surface area (Å²) in [6, 6.07) is 10.3. The maximum Gasteiger partial charge on any atom is 0.123 e. The second kappa shape index (κ2) is 6.98. The molecule has 0 unspecified atom stereocenters. The summed E-state index contributed by atoms with van der Waals surface area (Å²) >= 11 is 0. The van der Waals surface area contributed by atoms with Crippen molar-refractivity contribution in [1.82, 2.24) is 24.6 Å². The first kappa shape index (κ1) is 16.3. The summed E-state index contributed by atoms with van der Waals surface area (Å²) in [5.74, 6) is 1.53. The van der Waals surface area contributed by atoms with Crippen LogP contribution in [0.3, 0.4) is 0 Å². The van der Waals surface area contributed by atoms with Crippen LogP contribution in [-0.2, 0) is 24.9 Å². The van der Waals surface area contributed by atoms with Crippen LogP contribution in [-0.4, -0.2) is 32.5 Å². The fraction of sp³-hybridized carbons (Fsp3) is 0.474. The number of ether oxygens (including phenoxy) is 1. The molecule has 0 spiro atoms. The van der Waals surface area contributed by atoms with Crippen LogP contribution in [0.4, 0.5) is 0 Å². The molecule has 0 aliphatic carbocycles. The minimum absolute atomic E-state index is 0.135. The number of rotatable bonds is 6. The smallest absolute Gasteiger partial charge is 0.123 e. The lowest BCUT2D eigenvalue weighted by atomic mass is 9.99. The number of aromatic nitrogens is 4. The molecule has 6 nitrogen and oxygen atoms in total. The summed E-state index contributed by atoms with van der Waals surface area (Å²) in [6.07, 6.45) is 3.08. The summed E-state index contributed by atoms with van der Waals surface area (Å²) in [5, 5.41) is 7.96. The van der Waals surface area contributed by atoms with Gasteiger partial charge in [0.25, 0.3) is 0 Å². The second-order valence-corrected chi connectivity index (χ2v) is 6.62. The number of para-hydroxylation sites is 2. The Hall–Kier alpha value is -2.18. The van der Waals surface area contributed by atoms with Crippen LogP contribution in [0, 0.1) is 5.92 Å². The van der Waals surface area contributed by atoms with Crippen LogP contribution in [0.15, 0.2) is 36.5 Å². The van der Waals surface area contributed by atoms with Gasteiger partial charge in [-0.25, -0.2) is 4.98 Å². The summed E-state index contributed by atoms with van der Waals surface area (Å²) < 4.78 is 10.2. The van der Waals surface area contributed by atoms with Gasteiger partial charge in [0.15, 0.2) is 0 Å². The number of fused-ring (bicyclic) bond motifs is 1. The highest BCUT2D eigenvalue weighted by molar-refractivity contribution is 5.75. The van der Waals surface area contributed by atoms with Crippen molar-refractivity contribution in [2.45, 2.75) is 32.5 Å². The second-order valence-electron chi connectivity index (χ2n) is 6.62. The van der Waals surface area contributed by atoms with Crippen molar-refractivity contribution >= 4 is 11.0 Å². The number of imidazole rings is 1. The third-order valence-electron chi connectivity index (χ3n) is 5.12. The summed E-state index contributed by atoms with van der Waals surface area (Å²) in [6.45, 7) is 5.50. The number of nitrogens with zero attached hydrogens (tertiary/aromatic N) is 4. The molecule has 2 atom stereocenters. The van der Waals surface area contributed by atoms with Gasteiger partial charge in [-0.2, -0.15) is 5.10 Å². The molecule has 0 radical (unpaired) electrons. The van der Waals surface area contributed by atoms with Gasteiger partial charge in [0.1, 0.15) is 11.9 Å². The lowest BCUT2D eigenvalue weighted by molar-refractivity contribution is 0.0829. The molecule has 1 aromatic carbocycles. The quantitative estimate of drug-likeness (QED) is 0.750. The molecule has 1 aliphatic heterocycles. The van der Waals surface area contributed by atoms with E-state index in [1.807, 2.05) is 16.9 Å². The number of nitrogens with one attached hydrogen (secondary N) is 1. The van der Waals surface area contributed by atoms with Crippen molar-refractivity contribution in [2.24, 2.45) is 13.0 Å². The highest BCUT2D eigenvalue weighted by Gasteiger charge is 2.31. The fourth-order valence-electron chi connectivity index (χ4n) is 3.74. The van der Waals surface area contributed by atoms with Crippen molar-refractivity contribution in [3.8, 4) is 0 Å². The third kappa shape index (κ3) is 3.07. The molecule has 0 amide bonds. The van der Waals surface area contributed by atoms with E-state index in [1.165, 1.54) is 11.2 Å². The molecule has 4 rings (SSSR count). The first-order valence-electron chi connectivity index (χ1n) is 9.02. The van der Waals surface area contributed by atoms with Gasteiger partial charge in [0.05, 0.1) is 23.3 Å². The molecule has 2 aromatic heterocycles. The minimum atomic E-state index is 0.135. The Labute approximate surface area is 147 Å². The predicted octanol–water partition coefficient (Wildman–Crippen LogP) is 2.66. The Kier molecular flexibility index (Phi) is 4.55. The summed E-state index contributed by atoms with van der Waals surface area (Å²) in [7, 11) is 2.08. The van der Waals surface area contributed by atoms with E-state index in [2.05, 4.69) is 53.2 Å². The predicted molar refractivity (Wildman–Crippen MR) is 97.1 cm³/mol. The van der Waals surface area contributed by atoms with E-state index in [0.717, 1.165) is 44.0 Å². The van der Waals surface area contributed by atoms with Gasteiger partial charge in [-0.15, -0.1) is 0 Å². The van der Waals surface area contributed by atoms with Crippen molar-refractivity contribution in [3.63, 3.8) is 0 Å². The van der Waals surface area contributed by atoms with E-state index >= 15 is 0 Å². The first-order valence-corrected chi connectivity index (χ1v) is 9.02. The van der Waals surface area contributed by atoms with Crippen molar-refractivity contribution in [1.29, 1.82) is 0 Å². The van der Waals surface area contributed by atoms with Gasteiger partial charge in [0.2, 0.25) is 0 Å². The SMILES string of the molecule is CCn1nccc1[C@@H]1OCC[C@H]1CNCc1nc2ccccc2n1C. The molecule has 3 heterocycles.